The van der Waals surface area contributed by atoms with Crippen molar-refractivity contribution in [2.24, 2.45) is 5.92 Å². The van der Waals surface area contributed by atoms with Crippen molar-refractivity contribution >= 4 is 11.7 Å². The average molecular weight is 352 g/mol. The van der Waals surface area contributed by atoms with Crippen molar-refractivity contribution in [2.45, 2.75) is 18.9 Å². The van der Waals surface area contributed by atoms with E-state index in [4.69, 9.17) is 4.74 Å². The van der Waals surface area contributed by atoms with E-state index in [-0.39, 0.29) is 6.03 Å². The molecule has 6 heteroatoms. The molecule has 0 spiro atoms. The van der Waals surface area contributed by atoms with Crippen molar-refractivity contribution in [3.8, 4) is 5.75 Å². The number of fused-ring (bicyclic) bond motifs is 1. The van der Waals surface area contributed by atoms with E-state index in [9.17, 15) is 4.79 Å². The number of urea groups is 1. The second-order valence-corrected chi connectivity index (χ2v) is 6.81. The van der Waals surface area contributed by atoms with Crippen molar-refractivity contribution in [1.82, 2.24) is 15.2 Å². The Kier molecular flexibility index (Phi) is 5.02. The molecule has 136 valence electrons. The van der Waals surface area contributed by atoms with Crippen molar-refractivity contribution in [2.75, 3.05) is 31.6 Å². The molecule has 0 aliphatic carbocycles. The van der Waals surface area contributed by atoms with Crippen LogP contribution in [0.1, 0.15) is 12.1 Å². The number of hydrogen-bond acceptors (Lipinski definition) is 4. The Balaban J connectivity index is 1.37. The number of benzene rings is 1. The minimum atomic E-state index is -0.0398. The maximum Gasteiger partial charge on any atom is 0.322 e. The summed E-state index contributed by atoms with van der Waals surface area (Å²) in [7, 11) is 0. The number of nitrogens with zero attached hydrogens (tertiary/aromatic N) is 2. The molecule has 26 heavy (non-hydrogen) atoms. The molecule has 2 atom stereocenters. The number of carbonyl (C=O) groups is 1. The Bertz CT molecular complexity index is 752. The highest BCUT2D eigenvalue weighted by Gasteiger charge is 2.40. The van der Waals surface area contributed by atoms with E-state index >= 15 is 0 Å². The van der Waals surface area contributed by atoms with Gasteiger partial charge >= 0.3 is 6.03 Å². The van der Waals surface area contributed by atoms with Crippen LogP contribution in [0.3, 0.4) is 0 Å². The Morgan fingerprint density at radius 2 is 2.12 bits per heavy atom. The molecule has 3 heterocycles. The van der Waals surface area contributed by atoms with Gasteiger partial charge in [0.15, 0.2) is 0 Å². The second-order valence-electron chi connectivity index (χ2n) is 6.81. The van der Waals surface area contributed by atoms with E-state index in [1.165, 1.54) is 0 Å². The third-order valence-corrected chi connectivity index (χ3v) is 5.18. The van der Waals surface area contributed by atoms with Gasteiger partial charge in [-0.25, -0.2) is 4.79 Å². The summed E-state index contributed by atoms with van der Waals surface area (Å²) in [5, 5.41) is 6.41. The molecule has 6 nitrogen and oxygen atoms in total. The van der Waals surface area contributed by atoms with Crippen molar-refractivity contribution in [3.63, 3.8) is 0 Å². The highest BCUT2D eigenvalue weighted by atomic mass is 16.5. The number of para-hydroxylation sites is 2. The quantitative estimate of drug-likeness (QED) is 0.868. The Labute approximate surface area is 153 Å². The van der Waals surface area contributed by atoms with Gasteiger partial charge < -0.3 is 20.3 Å². The summed E-state index contributed by atoms with van der Waals surface area (Å²) >= 11 is 0. The highest BCUT2D eigenvalue weighted by molar-refractivity contribution is 5.91. The smallest absolute Gasteiger partial charge is 0.322 e. The molecular formula is C20H24N4O2. The van der Waals surface area contributed by atoms with E-state index in [0.717, 1.165) is 38.2 Å². The lowest BCUT2D eigenvalue weighted by Gasteiger charge is -2.24. The number of rotatable bonds is 5. The van der Waals surface area contributed by atoms with Crippen LogP contribution in [0, 0.1) is 5.92 Å². The molecule has 2 aliphatic rings. The molecular weight excluding hydrogens is 328 g/mol. The van der Waals surface area contributed by atoms with Gasteiger partial charge in [0.2, 0.25) is 0 Å². The molecule has 2 saturated heterocycles. The van der Waals surface area contributed by atoms with Crippen LogP contribution >= 0.6 is 0 Å². The molecule has 2 amide bonds. The number of anilines is 1. The number of nitrogens with one attached hydrogen (secondary N) is 2. The number of aromatic nitrogens is 1. The van der Waals surface area contributed by atoms with Crippen LogP contribution in [0.2, 0.25) is 0 Å². The maximum absolute atomic E-state index is 12.7. The normalized spacial score (nSPS) is 21.5. The lowest BCUT2D eigenvalue weighted by Crippen LogP contribution is -2.41. The first-order valence-corrected chi connectivity index (χ1v) is 9.21. The van der Waals surface area contributed by atoms with Gasteiger partial charge in [-0.15, -0.1) is 0 Å². The summed E-state index contributed by atoms with van der Waals surface area (Å²) in [5.74, 6) is 1.28. The monoisotopic (exact) mass is 352 g/mol. The topological polar surface area (TPSA) is 66.5 Å². The van der Waals surface area contributed by atoms with Crippen LogP contribution in [0.15, 0.2) is 48.7 Å². The van der Waals surface area contributed by atoms with E-state index in [2.05, 4.69) is 15.6 Å². The summed E-state index contributed by atoms with van der Waals surface area (Å²) in [6.07, 6.45) is 3.59. The Morgan fingerprint density at radius 3 is 3.00 bits per heavy atom. The summed E-state index contributed by atoms with van der Waals surface area (Å²) in [6, 6.07) is 13.7. The van der Waals surface area contributed by atoms with Crippen LogP contribution in [-0.4, -0.2) is 48.2 Å². The Hall–Kier alpha value is -2.60. The minimum absolute atomic E-state index is 0.0398. The zero-order valence-corrected chi connectivity index (χ0v) is 14.7. The molecule has 0 unspecified atom stereocenters. The molecule has 1 aromatic heterocycles. The standard InChI is InChI=1S/C20H24N4O2/c25-20(24-11-8-15-13-21-14-18(15)24)23-17-6-1-2-7-19(17)26-12-9-16-5-3-4-10-22-16/h1-7,10,15,18,21H,8-9,11-14H2,(H,23,25)/t15-,18+/m0/s1. The first-order valence-electron chi connectivity index (χ1n) is 9.21. The lowest BCUT2D eigenvalue weighted by molar-refractivity contribution is 0.206. The van der Waals surface area contributed by atoms with Crippen molar-refractivity contribution < 1.29 is 9.53 Å². The van der Waals surface area contributed by atoms with Crippen LogP contribution in [0.4, 0.5) is 10.5 Å². The number of carbonyl (C=O) groups excluding carboxylic acids is 1. The highest BCUT2D eigenvalue weighted by Crippen LogP contribution is 2.29. The van der Waals surface area contributed by atoms with Gasteiger partial charge in [-0.3, -0.25) is 4.98 Å². The van der Waals surface area contributed by atoms with E-state index in [0.29, 0.717) is 30.0 Å². The zero-order chi connectivity index (χ0) is 17.8. The third kappa shape index (κ3) is 3.65. The SMILES string of the molecule is O=C(Nc1ccccc1OCCc1ccccn1)N1CC[C@H]2CNC[C@H]21. The van der Waals surface area contributed by atoms with Gasteiger partial charge in [0.05, 0.1) is 12.3 Å². The van der Waals surface area contributed by atoms with Crippen LogP contribution in [0.25, 0.3) is 0 Å². The summed E-state index contributed by atoms with van der Waals surface area (Å²) < 4.78 is 5.91. The van der Waals surface area contributed by atoms with Gasteiger partial charge in [-0.05, 0) is 36.6 Å². The van der Waals surface area contributed by atoms with Gasteiger partial charge in [0.25, 0.3) is 0 Å². The van der Waals surface area contributed by atoms with Gasteiger partial charge in [0.1, 0.15) is 5.75 Å². The maximum atomic E-state index is 12.7. The van der Waals surface area contributed by atoms with Crippen LogP contribution < -0.4 is 15.4 Å². The molecule has 0 saturated carbocycles. The molecule has 2 aliphatic heterocycles. The van der Waals surface area contributed by atoms with Crippen LogP contribution in [0.5, 0.6) is 5.75 Å². The second kappa shape index (κ2) is 7.74. The fourth-order valence-electron chi connectivity index (χ4n) is 3.80. The summed E-state index contributed by atoms with van der Waals surface area (Å²) in [6.45, 7) is 3.25. The summed E-state index contributed by atoms with van der Waals surface area (Å²) in [4.78, 5) is 19.0. The fourth-order valence-corrected chi connectivity index (χ4v) is 3.80. The van der Waals surface area contributed by atoms with E-state index in [1.54, 1.807) is 6.20 Å². The number of pyridine rings is 1. The minimum Gasteiger partial charge on any atom is -0.491 e. The van der Waals surface area contributed by atoms with E-state index < -0.39 is 0 Å². The molecule has 2 N–H and O–H groups in total. The number of hydrogen-bond donors (Lipinski definition) is 2. The predicted octanol–water partition coefficient (Wildman–Crippen LogP) is 2.53. The van der Waals surface area contributed by atoms with Crippen molar-refractivity contribution in [3.05, 3.63) is 54.4 Å². The zero-order valence-electron chi connectivity index (χ0n) is 14.7. The molecule has 1 aromatic carbocycles. The van der Waals surface area contributed by atoms with E-state index in [1.807, 2.05) is 47.4 Å². The Morgan fingerprint density at radius 1 is 1.23 bits per heavy atom. The first-order chi connectivity index (χ1) is 12.8. The average Bonchev–Trinajstić information content (AvgIpc) is 3.27. The molecule has 0 bridgehead atoms. The molecule has 0 radical (unpaired) electrons. The number of ether oxygens (including phenoxy) is 1. The fraction of sp³-hybridized carbons (Fsp3) is 0.400. The first kappa shape index (κ1) is 16.8. The molecule has 2 aromatic rings. The third-order valence-electron chi connectivity index (χ3n) is 5.18. The largest absolute Gasteiger partial charge is 0.491 e. The summed E-state index contributed by atoms with van der Waals surface area (Å²) in [5.41, 5.74) is 1.71. The molecule has 2 fully saturated rings. The van der Waals surface area contributed by atoms with Crippen LogP contribution in [-0.2, 0) is 6.42 Å². The van der Waals surface area contributed by atoms with Gasteiger partial charge in [-0.2, -0.15) is 0 Å². The lowest BCUT2D eigenvalue weighted by atomic mass is 10.1. The molecule has 4 rings (SSSR count). The van der Waals surface area contributed by atoms with Gasteiger partial charge in [-0.1, -0.05) is 18.2 Å². The number of amides is 2. The van der Waals surface area contributed by atoms with Gasteiger partial charge in [0, 0.05) is 44.0 Å². The predicted molar refractivity (Wildman–Crippen MR) is 100 cm³/mol. The van der Waals surface area contributed by atoms with Crippen molar-refractivity contribution in [1.29, 1.82) is 0 Å². The number of likely N-dealkylation sites (tertiary alicyclic amines) is 1.